The molecule has 0 amide bonds. The lowest BCUT2D eigenvalue weighted by Crippen LogP contribution is -2.26. The summed E-state index contributed by atoms with van der Waals surface area (Å²) >= 11 is 0. The van der Waals surface area contributed by atoms with Crippen LogP contribution in [-0.4, -0.2) is 17.1 Å². The fourth-order valence-corrected chi connectivity index (χ4v) is 4.22. The largest absolute Gasteiger partial charge is 0.462 e. The van der Waals surface area contributed by atoms with Gasteiger partial charge in [0.25, 0.3) is 5.56 Å². The van der Waals surface area contributed by atoms with Gasteiger partial charge in [0.2, 0.25) is 0 Å². The maximum absolute atomic E-state index is 13.3. The van der Waals surface area contributed by atoms with Gasteiger partial charge in [-0.3, -0.25) is 4.79 Å². The topological polar surface area (TPSA) is 81.3 Å². The molecule has 4 rings (SSSR count). The molecule has 6 heteroatoms. The molecule has 0 bridgehead atoms. The standard InChI is InChI=1S/C31H28N2O4/c1-5-36-31(35)24-7-6-8-27(17-24)37-26-13-11-23(12-14-26)29-16-22(4)28(18-32)30(34)33(29)19-25-10-9-20(2)15-21(25)3/h6-17H,5,19H2,1-4H3. The minimum atomic E-state index is -0.402. The van der Waals surface area contributed by atoms with Crippen molar-refractivity contribution in [2.24, 2.45) is 0 Å². The van der Waals surface area contributed by atoms with Crippen molar-refractivity contribution in [2.45, 2.75) is 34.2 Å². The highest BCUT2D eigenvalue weighted by Crippen LogP contribution is 2.28. The number of carbonyl (C=O) groups excluding carboxylic acids is 1. The summed E-state index contributed by atoms with van der Waals surface area (Å²) < 4.78 is 12.7. The van der Waals surface area contributed by atoms with E-state index in [9.17, 15) is 14.9 Å². The average Bonchev–Trinajstić information content (AvgIpc) is 2.88. The number of rotatable bonds is 7. The first kappa shape index (κ1) is 25.5. The highest BCUT2D eigenvalue weighted by atomic mass is 16.5. The molecule has 0 saturated carbocycles. The molecule has 0 atom stereocenters. The first-order valence-electron chi connectivity index (χ1n) is 12.1. The molecule has 186 valence electrons. The first-order valence-corrected chi connectivity index (χ1v) is 12.1. The second-order valence-corrected chi connectivity index (χ2v) is 8.90. The van der Waals surface area contributed by atoms with E-state index >= 15 is 0 Å². The van der Waals surface area contributed by atoms with Crippen LogP contribution in [0.3, 0.4) is 0 Å². The van der Waals surface area contributed by atoms with Gasteiger partial charge in [-0.25, -0.2) is 4.79 Å². The molecule has 1 aromatic heterocycles. The number of ether oxygens (including phenoxy) is 2. The number of hydrogen-bond donors (Lipinski definition) is 0. The van der Waals surface area contributed by atoms with E-state index in [2.05, 4.69) is 12.1 Å². The van der Waals surface area contributed by atoms with E-state index in [-0.39, 0.29) is 11.1 Å². The Balaban J connectivity index is 1.68. The Morgan fingerprint density at radius 1 is 0.919 bits per heavy atom. The molecule has 37 heavy (non-hydrogen) atoms. The summed E-state index contributed by atoms with van der Waals surface area (Å²) in [7, 11) is 0. The molecule has 0 unspecified atom stereocenters. The molecule has 0 fully saturated rings. The Morgan fingerprint density at radius 3 is 2.35 bits per heavy atom. The minimum absolute atomic E-state index is 0.148. The summed E-state index contributed by atoms with van der Waals surface area (Å²) in [6.45, 7) is 8.25. The summed E-state index contributed by atoms with van der Waals surface area (Å²) in [6, 6.07) is 24.3. The third-order valence-corrected chi connectivity index (χ3v) is 6.17. The lowest BCUT2D eigenvalue weighted by atomic mass is 10.0. The van der Waals surface area contributed by atoms with Crippen LogP contribution in [0.5, 0.6) is 11.5 Å². The Morgan fingerprint density at radius 2 is 1.68 bits per heavy atom. The third kappa shape index (κ3) is 5.62. The van der Waals surface area contributed by atoms with Crippen molar-refractivity contribution in [3.05, 3.63) is 117 Å². The molecule has 6 nitrogen and oxygen atoms in total. The van der Waals surface area contributed by atoms with E-state index in [4.69, 9.17) is 9.47 Å². The summed E-state index contributed by atoms with van der Waals surface area (Å²) in [5.74, 6) is 0.693. The Kier molecular flexibility index (Phi) is 7.55. The number of nitrogens with zero attached hydrogens (tertiary/aromatic N) is 2. The van der Waals surface area contributed by atoms with Crippen molar-refractivity contribution in [1.29, 1.82) is 5.26 Å². The second-order valence-electron chi connectivity index (χ2n) is 8.90. The van der Waals surface area contributed by atoms with E-state index in [0.29, 0.717) is 35.8 Å². The third-order valence-electron chi connectivity index (χ3n) is 6.17. The minimum Gasteiger partial charge on any atom is -0.462 e. The number of aromatic nitrogens is 1. The number of aryl methyl sites for hydroxylation is 3. The van der Waals surface area contributed by atoms with Gasteiger partial charge in [0.05, 0.1) is 24.4 Å². The van der Waals surface area contributed by atoms with Gasteiger partial charge in [0.15, 0.2) is 0 Å². The van der Waals surface area contributed by atoms with Gasteiger partial charge >= 0.3 is 5.97 Å². The van der Waals surface area contributed by atoms with Gasteiger partial charge in [-0.05, 0) is 98.5 Å². The van der Waals surface area contributed by atoms with Gasteiger partial charge in [-0.2, -0.15) is 5.26 Å². The van der Waals surface area contributed by atoms with Crippen LogP contribution in [0.25, 0.3) is 11.3 Å². The van der Waals surface area contributed by atoms with Gasteiger partial charge < -0.3 is 14.0 Å². The molecule has 0 spiro atoms. The number of hydrogen-bond acceptors (Lipinski definition) is 5. The molecular weight excluding hydrogens is 464 g/mol. The number of benzene rings is 3. The normalized spacial score (nSPS) is 10.6. The van der Waals surface area contributed by atoms with Crippen LogP contribution in [0.4, 0.5) is 0 Å². The van der Waals surface area contributed by atoms with Crippen molar-refractivity contribution >= 4 is 5.97 Å². The van der Waals surface area contributed by atoms with Crippen molar-refractivity contribution in [3.63, 3.8) is 0 Å². The zero-order valence-electron chi connectivity index (χ0n) is 21.4. The summed E-state index contributed by atoms with van der Waals surface area (Å²) in [4.78, 5) is 25.3. The number of carbonyl (C=O) groups is 1. The molecule has 0 radical (unpaired) electrons. The highest BCUT2D eigenvalue weighted by Gasteiger charge is 2.15. The van der Waals surface area contributed by atoms with Gasteiger partial charge in [0.1, 0.15) is 23.1 Å². The van der Waals surface area contributed by atoms with Crippen molar-refractivity contribution in [2.75, 3.05) is 6.61 Å². The summed E-state index contributed by atoms with van der Waals surface area (Å²) in [5.41, 5.74) is 5.69. The van der Waals surface area contributed by atoms with Crippen LogP contribution >= 0.6 is 0 Å². The maximum Gasteiger partial charge on any atom is 0.338 e. The second kappa shape index (κ2) is 11.0. The van der Waals surface area contributed by atoms with E-state index < -0.39 is 5.97 Å². The Bertz CT molecular complexity index is 1560. The van der Waals surface area contributed by atoms with E-state index in [1.807, 2.05) is 56.3 Å². The molecule has 3 aromatic carbocycles. The van der Waals surface area contributed by atoms with Crippen molar-refractivity contribution < 1.29 is 14.3 Å². The SMILES string of the molecule is CCOC(=O)c1cccc(Oc2ccc(-c3cc(C)c(C#N)c(=O)n3Cc3ccc(C)cc3C)cc2)c1. The molecular formula is C31H28N2O4. The first-order chi connectivity index (χ1) is 17.8. The average molecular weight is 493 g/mol. The van der Waals surface area contributed by atoms with Gasteiger partial charge in [-0.1, -0.05) is 29.8 Å². The van der Waals surface area contributed by atoms with E-state index in [1.54, 1.807) is 42.7 Å². The molecule has 0 aliphatic rings. The quantitative estimate of drug-likeness (QED) is 0.282. The van der Waals surface area contributed by atoms with Crippen LogP contribution in [0, 0.1) is 32.1 Å². The number of nitriles is 1. The van der Waals surface area contributed by atoms with Crippen LogP contribution in [0.1, 0.15) is 45.1 Å². The predicted molar refractivity (Wildman–Crippen MR) is 143 cm³/mol. The van der Waals surface area contributed by atoms with E-state index in [0.717, 1.165) is 27.9 Å². The molecule has 0 aliphatic heterocycles. The zero-order valence-corrected chi connectivity index (χ0v) is 21.4. The molecule has 1 heterocycles. The summed E-state index contributed by atoms with van der Waals surface area (Å²) in [5, 5.41) is 9.59. The van der Waals surface area contributed by atoms with Crippen LogP contribution < -0.4 is 10.3 Å². The summed E-state index contributed by atoms with van der Waals surface area (Å²) in [6.07, 6.45) is 0. The van der Waals surface area contributed by atoms with Crippen LogP contribution in [-0.2, 0) is 11.3 Å². The zero-order chi connectivity index (χ0) is 26.5. The number of pyridine rings is 1. The highest BCUT2D eigenvalue weighted by molar-refractivity contribution is 5.89. The molecule has 4 aromatic rings. The lowest BCUT2D eigenvalue weighted by Gasteiger charge is -2.17. The smallest absolute Gasteiger partial charge is 0.338 e. The Hall–Kier alpha value is -4.63. The van der Waals surface area contributed by atoms with Gasteiger partial charge in [0, 0.05) is 0 Å². The van der Waals surface area contributed by atoms with Crippen molar-refractivity contribution in [3.8, 4) is 28.8 Å². The van der Waals surface area contributed by atoms with Crippen molar-refractivity contribution in [1.82, 2.24) is 4.57 Å². The maximum atomic E-state index is 13.3. The molecule has 0 N–H and O–H groups in total. The van der Waals surface area contributed by atoms with Crippen LogP contribution in [0.15, 0.2) is 77.6 Å². The fourth-order valence-electron chi connectivity index (χ4n) is 4.22. The van der Waals surface area contributed by atoms with Crippen LogP contribution in [0.2, 0.25) is 0 Å². The lowest BCUT2D eigenvalue weighted by molar-refractivity contribution is 0.0526. The molecule has 0 aliphatic carbocycles. The predicted octanol–water partition coefficient (Wildman–Crippen LogP) is 6.33. The Labute approximate surface area is 216 Å². The molecule has 0 saturated heterocycles. The number of esters is 1. The monoisotopic (exact) mass is 492 g/mol. The fraction of sp³-hybridized carbons (Fsp3) is 0.194. The van der Waals surface area contributed by atoms with E-state index in [1.165, 1.54) is 0 Å². The van der Waals surface area contributed by atoms with Gasteiger partial charge in [-0.15, -0.1) is 0 Å².